The highest BCUT2D eigenvalue weighted by atomic mass is 127. The van der Waals surface area contributed by atoms with Gasteiger partial charge in [-0.15, -0.1) is 0 Å². The van der Waals surface area contributed by atoms with Gasteiger partial charge in [0.25, 0.3) is 0 Å². The zero-order chi connectivity index (χ0) is 26.9. The van der Waals surface area contributed by atoms with Gasteiger partial charge >= 0.3 is 0 Å². The highest BCUT2D eigenvalue weighted by Crippen LogP contribution is 2.31. The van der Waals surface area contributed by atoms with Crippen molar-refractivity contribution in [3.63, 3.8) is 0 Å². The fourth-order valence-corrected chi connectivity index (χ4v) is 4.81. The summed E-state index contributed by atoms with van der Waals surface area (Å²) >= 11 is 14.4. The number of para-hydroxylation sites is 1. The number of aliphatic hydroxyl groups is 2. The van der Waals surface area contributed by atoms with E-state index in [2.05, 4.69) is 27.9 Å². The Kier molecular flexibility index (Phi) is 11.3. The number of carbonyl (C=O) groups is 2. The van der Waals surface area contributed by atoms with Crippen LogP contribution in [-0.2, 0) is 16.1 Å². The van der Waals surface area contributed by atoms with Gasteiger partial charge in [0.05, 0.1) is 26.3 Å². The van der Waals surface area contributed by atoms with Crippen molar-refractivity contribution >= 4 is 57.6 Å². The van der Waals surface area contributed by atoms with Crippen LogP contribution < -0.4 is 10.1 Å². The summed E-state index contributed by atoms with van der Waals surface area (Å²) in [4.78, 5) is 27.8. The van der Waals surface area contributed by atoms with Crippen LogP contribution in [0.5, 0.6) is 5.75 Å². The number of hydrogen-bond acceptors (Lipinski definition) is 5. The second kappa shape index (κ2) is 14.2. The average molecular weight is 659 g/mol. The van der Waals surface area contributed by atoms with Gasteiger partial charge in [-0.1, -0.05) is 54.4 Å². The molecule has 198 valence electrons. The van der Waals surface area contributed by atoms with Crippen molar-refractivity contribution in [2.75, 3.05) is 13.2 Å². The Balaban J connectivity index is 2.00. The minimum Gasteiger partial charge on any atom is -0.482 e. The zero-order valence-corrected chi connectivity index (χ0v) is 23.9. The van der Waals surface area contributed by atoms with Crippen molar-refractivity contribution in [2.24, 2.45) is 0 Å². The summed E-state index contributed by atoms with van der Waals surface area (Å²) in [6.45, 7) is 1.92. The molecule has 0 fully saturated rings. The fraction of sp³-hybridized carbons (Fsp3) is 0.333. The van der Waals surface area contributed by atoms with Crippen LogP contribution in [0.25, 0.3) is 0 Å². The van der Waals surface area contributed by atoms with Crippen molar-refractivity contribution < 1.29 is 24.5 Å². The molecule has 0 aliphatic heterocycles. The molecule has 0 spiro atoms. The van der Waals surface area contributed by atoms with Gasteiger partial charge < -0.3 is 25.2 Å². The van der Waals surface area contributed by atoms with E-state index in [1.165, 1.54) is 11.0 Å². The maximum Gasteiger partial charge on any atom is 0.247 e. The number of amides is 2. The maximum atomic E-state index is 13.3. The lowest BCUT2D eigenvalue weighted by atomic mass is 9.87. The molecule has 1 aliphatic rings. The molecule has 0 unspecified atom stereocenters. The first-order valence-electron chi connectivity index (χ1n) is 11.8. The molecule has 0 saturated heterocycles. The van der Waals surface area contributed by atoms with E-state index in [1.54, 1.807) is 36.4 Å². The molecule has 0 aromatic heterocycles. The summed E-state index contributed by atoms with van der Waals surface area (Å²) in [6, 6.07) is 11.6. The fourth-order valence-electron chi connectivity index (χ4n) is 3.97. The molecule has 1 aliphatic carbocycles. The third-order valence-corrected chi connectivity index (χ3v) is 7.46. The molecule has 0 heterocycles. The highest BCUT2D eigenvalue weighted by Gasteiger charge is 2.40. The monoisotopic (exact) mass is 658 g/mol. The first-order chi connectivity index (χ1) is 17.7. The van der Waals surface area contributed by atoms with Gasteiger partial charge in [-0.25, -0.2) is 0 Å². The molecule has 3 rings (SSSR count). The summed E-state index contributed by atoms with van der Waals surface area (Å²) in [5.41, 5.74) is 1.07. The lowest BCUT2D eigenvalue weighted by Gasteiger charge is -2.40. The van der Waals surface area contributed by atoms with E-state index in [1.807, 2.05) is 25.1 Å². The Morgan fingerprint density at radius 3 is 2.65 bits per heavy atom. The number of hydrogen-bond donors (Lipinski definition) is 3. The third kappa shape index (κ3) is 7.94. The standard InChI is InChI=1S/C27H29Cl2IN2O5/c1-2-3-8-25(34)32(16-17-9-10-19(28)20(29)13-17)22-14-18(27(36)31-11-12-33)15-24(26(22)35)37-23-7-5-4-6-21(23)30/h3-10,13,15,22,24,26,33,35H,2,11-12,14,16H2,1H3,(H,31,36)/t22-,24+,26+/m1/s1. The highest BCUT2D eigenvalue weighted by molar-refractivity contribution is 14.1. The molecule has 3 N–H and O–H groups in total. The van der Waals surface area contributed by atoms with Crippen LogP contribution in [0.1, 0.15) is 25.3 Å². The summed E-state index contributed by atoms with van der Waals surface area (Å²) < 4.78 is 6.99. The van der Waals surface area contributed by atoms with Gasteiger partial charge in [0.2, 0.25) is 11.8 Å². The first-order valence-corrected chi connectivity index (χ1v) is 13.7. The van der Waals surface area contributed by atoms with Crippen LogP contribution in [0, 0.1) is 3.57 Å². The SMILES string of the molecule is CCC=CC(=O)N(Cc1ccc(Cl)c(Cl)c1)[C@@H]1CC(C(=O)NCCO)=C[C@H](Oc2ccccc2I)[C@H]1O. The van der Waals surface area contributed by atoms with Crippen molar-refractivity contribution in [3.8, 4) is 5.75 Å². The number of aliphatic hydroxyl groups excluding tert-OH is 2. The second-order valence-corrected chi connectivity index (χ2v) is 10.4. The summed E-state index contributed by atoms with van der Waals surface area (Å²) in [5, 5.41) is 24.0. The minimum absolute atomic E-state index is 0.0800. The van der Waals surface area contributed by atoms with Gasteiger partial charge in [0.1, 0.15) is 18.0 Å². The molecule has 7 nitrogen and oxygen atoms in total. The number of benzene rings is 2. The van der Waals surface area contributed by atoms with Crippen LogP contribution in [0.2, 0.25) is 10.0 Å². The third-order valence-electron chi connectivity index (χ3n) is 5.83. The predicted octanol–water partition coefficient (Wildman–Crippen LogP) is 4.51. The molecular weight excluding hydrogens is 630 g/mol. The van der Waals surface area contributed by atoms with E-state index in [0.29, 0.717) is 27.8 Å². The quantitative estimate of drug-likeness (QED) is 0.258. The Bertz CT molecular complexity index is 1170. The lowest BCUT2D eigenvalue weighted by Crippen LogP contribution is -2.54. The van der Waals surface area contributed by atoms with Crippen molar-refractivity contribution in [2.45, 2.75) is 44.6 Å². The van der Waals surface area contributed by atoms with Gasteiger partial charge in [-0.2, -0.15) is 0 Å². The molecule has 0 radical (unpaired) electrons. The number of rotatable bonds is 10. The van der Waals surface area contributed by atoms with Gasteiger partial charge in [0, 0.05) is 25.1 Å². The number of allylic oxidation sites excluding steroid dienone is 1. The normalized spacial score (nSPS) is 19.4. The summed E-state index contributed by atoms with van der Waals surface area (Å²) in [6.07, 6.45) is 3.51. The van der Waals surface area contributed by atoms with E-state index < -0.39 is 24.2 Å². The molecule has 0 saturated carbocycles. The Labute approximate surface area is 240 Å². The largest absolute Gasteiger partial charge is 0.482 e. The molecule has 37 heavy (non-hydrogen) atoms. The van der Waals surface area contributed by atoms with Crippen LogP contribution in [-0.4, -0.2) is 58.3 Å². The number of nitrogens with one attached hydrogen (secondary N) is 1. The Morgan fingerprint density at radius 1 is 1.22 bits per heavy atom. The van der Waals surface area contributed by atoms with E-state index in [4.69, 9.17) is 33.0 Å². The minimum atomic E-state index is -1.13. The van der Waals surface area contributed by atoms with E-state index in [0.717, 1.165) is 9.13 Å². The summed E-state index contributed by atoms with van der Waals surface area (Å²) in [7, 11) is 0. The maximum absolute atomic E-state index is 13.3. The smallest absolute Gasteiger partial charge is 0.247 e. The number of nitrogens with zero attached hydrogens (tertiary/aromatic N) is 1. The number of halogens is 3. The van der Waals surface area contributed by atoms with E-state index in [9.17, 15) is 14.7 Å². The molecule has 3 atom stereocenters. The van der Waals surface area contributed by atoms with Crippen LogP contribution >= 0.6 is 45.8 Å². The predicted molar refractivity (Wildman–Crippen MR) is 153 cm³/mol. The topological polar surface area (TPSA) is 99.1 Å². The second-order valence-electron chi connectivity index (χ2n) is 8.47. The van der Waals surface area contributed by atoms with Gasteiger partial charge in [0.15, 0.2) is 0 Å². The molecule has 10 heteroatoms. The van der Waals surface area contributed by atoms with Crippen molar-refractivity contribution in [3.05, 3.63) is 85.4 Å². The average Bonchev–Trinajstić information content (AvgIpc) is 2.89. The molecule has 2 aromatic carbocycles. The molecular formula is C27H29Cl2IN2O5. The van der Waals surface area contributed by atoms with Gasteiger partial charge in [-0.05, 0) is 71.0 Å². The van der Waals surface area contributed by atoms with Crippen LogP contribution in [0.4, 0.5) is 0 Å². The summed E-state index contributed by atoms with van der Waals surface area (Å²) in [5.74, 6) is -0.164. The van der Waals surface area contributed by atoms with E-state index >= 15 is 0 Å². The van der Waals surface area contributed by atoms with Gasteiger partial charge in [-0.3, -0.25) is 9.59 Å². The zero-order valence-electron chi connectivity index (χ0n) is 20.2. The molecule has 2 aromatic rings. The number of carbonyl (C=O) groups excluding carboxylic acids is 2. The lowest BCUT2D eigenvalue weighted by molar-refractivity contribution is -0.134. The van der Waals surface area contributed by atoms with Crippen molar-refractivity contribution in [1.82, 2.24) is 10.2 Å². The first kappa shape index (κ1) is 29.4. The number of ether oxygens (including phenoxy) is 1. The molecule has 2 amide bonds. The van der Waals surface area contributed by atoms with Crippen LogP contribution in [0.15, 0.2) is 66.3 Å². The van der Waals surface area contributed by atoms with Crippen LogP contribution in [0.3, 0.4) is 0 Å². The molecule has 0 bridgehead atoms. The van der Waals surface area contributed by atoms with E-state index in [-0.39, 0.29) is 32.0 Å². The Morgan fingerprint density at radius 2 is 1.97 bits per heavy atom. The van der Waals surface area contributed by atoms with Crippen molar-refractivity contribution in [1.29, 1.82) is 0 Å². The Hall–Kier alpha value is -2.11.